The molecule has 17 amide bonds. The third-order valence-electron chi connectivity index (χ3n) is 21.4. The number of nitrogens with two attached hydrogens (primary N) is 8. The van der Waals surface area contributed by atoms with Crippen molar-refractivity contribution in [2.24, 2.45) is 45.9 Å². The molecular weight excluding hydrogens is 1740 g/mol. The number of amides is 17. The number of phenolic OH excluding ortho intramolecular Hbond substituents is 1. The number of likely N-dealkylation sites (tertiary alicyclic amines) is 1. The highest BCUT2D eigenvalue weighted by Gasteiger charge is 2.41. The molecule has 0 saturated carbocycles. The van der Waals surface area contributed by atoms with E-state index in [2.05, 4.69) is 84.4 Å². The number of aromatic nitrogens is 2. The lowest BCUT2D eigenvalue weighted by Crippen LogP contribution is -2.61. The largest absolute Gasteiger partial charge is 0.508 e. The van der Waals surface area contributed by atoms with Crippen molar-refractivity contribution >= 4 is 140 Å². The van der Waals surface area contributed by atoms with E-state index in [1.165, 1.54) is 30.5 Å². The minimum Gasteiger partial charge on any atom is -0.508 e. The van der Waals surface area contributed by atoms with E-state index in [0.29, 0.717) is 57.8 Å². The van der Waals surface area contributed by atoms with Crippen molar-refractivity contribution in [1.82, 2.24) is 89.3 Å². The number of hydrogen-bond acceptors (Lipinski definition) is 24. The van der Waals surface area contributed by atoms with Crippen LogP contribution in [0.2, 0.25) is 0 Å². The number of para-hydroxylation sites is 2. The van der Waals surface area contributed by atoms with E-state index < -0.39 is 249 Å². The summed E-state index contributed by atoms with van der Waals surface area (Å²) >= 11 is 0. The summed E-state index contributed by atoms with van der Waals surface area (Å²) in [6.07, 6.45) is -1.60. The smallest absolute Gasteiger partial charge is 0.326 e. The molecule has 6 aromatic rings. The Labute approximate surface area is 761 Å². The van der Waals surface area contributed by atoms with Gasteiger partial charge in [-0.2, -0.15) is 0 Å². The number of guanidine groups is 2. The van der Waals surface area contributed by atoms with Gasteiger partial charge in [0.25, 0.3) is 0 Å². The van der Waals surface area contributed by atoms with Crippen LogP contribution in [-0.4, -0.2) is 266 Å². The minimum absolute atomic E-state index is 0.0142. The Bertz CT molecular complexity index is 5150. The molecule has 7 rings (SSSR count). The summed E-state index contributed by atoms with van der Waals surface area (Å²) < 4.78 is 0. The predicted molar refractivity (Wildman–Crippen MR) is 479 cm³/mol. The molecule has 37 N–H and O–H groups in total. The molecule has 3 heterocycles. The van der Waals surface area contributed by atoms with Gasteiger partial charge < -0.3 is 150 Å². The van der Waals surface area contributed by atoms with Crippen LogP contribution in [-0.2, 0) is 112 Å². The SMILES string of the molecule is N=C(N)NCCC[C@H](NC(=O)[C@H](CCC(N)=O)NC(=O)[C@H](CC(N)=O)NC(=O)[C@H](Cc1ccc(O)cc1)NC(=O)[C@H](CCCNC(=N)N)NC(=O)[C@H](CO)NC(=O)[C@H](Cc1c[nH]c2ccccc12)NC(=O)CNC(=O)[C@H](Cc1c[nH]c2ccccc12)NC(=O)[C@H](CC(N)=O)NC(=O)[C@@H]1CCCN1C(=O)[C@@H](N)CC(N)=O)C(=O)N[C@@H](Cc1ccccc1)C(=O)N[C@@H](CCCCN)C(=O)O. The molecule has 2 aromatic heterocycles. The number of nitrogens with zero attached hydrogens (tertiary/aromatic N) is 1. The number of carboxylic acids is 1. The summed E-state index contributed by atoms with van der Waals surface area (Å²) in [5.41, 5.74) is 47.5. The number of fused-ring (bicyclic) bond motifs is 2. The van der Waals surface area contributed by atoms with Crippen molar-refractivity contribution in [3.8, 4) is 5.75 Å². The number of primary amides is 4. The Balaban J connectivity index is 1.12. The van der Waals surface area contributed by atoms with Gasteiger partial charge in [-0.15, -0.1) is 0 Å². The van der Waals surface area contributed by atoms with Crippen molar-refractivity contribution in [3.05, 3.63) is 138 Å². The minimum atomic E-state index is -2.06. The summed E-state index contributed by atoms with van der Waals surface area (Å²) in [4.78, 5) is 257. The van der Waals surface area contributed by atoms with Gasteiger partial charge in [0, 0.05) is 85.9 Å². The highest BCUT2D eigenvalue weighted by atomic mass is 16.4. The number of unbranched alkanes of at least 4 members (excludes halogenated alkanes) is 1. The molecule has 13 atom stereocenters. The second-order valence-electron chi connectivity index (χ2n) is 31.7. The van der Waals surface area contributed by atoms with Gasteiger partial charge in [-0.3, -0.25) is 92.3 Å². The van der Waals surface area contributed by atoms with E-state index in [4.69, 9.17) is 56.7 Å². The molecule has 48 nitrogen and oxygen atoms in total. The Kier molecular flexibility index (Phi) is 41.2. The number of carbonyl (C=O) groups is 18. The Hall–Kier alpha value is -15.4. The number of H-pyrrole nitrogens is 2. The van der Waals surface area contributed by atoms with Crippen molar-refractivity contribution in [3.63, 3.8) is 0 Å². The van der Waals surface area contributed by atoms with Gasteiger partial charge in [0.1, 0.15) is 78.3 Å². The number of phenols is 1. The molecule has 48 heteroatoms. The number of rotatable bonds is 56. The standard InChI is InChI=1S/C85H117N27O21/c86-29-9-8-19-57(83(132)133)105-75(124)58(33-44-13-2-1-3-14-44)106-72(121)54(20-10-30-96-84(92)93)102-74(123)56(27-28-66(88)115)104-78(127)62(38-68(90)117)109-76(125)59(34-45-23-25-48(114)26-24-45)107-73(122)55(21-11-31-97-85(94)95)103-80(129)64(43-113)111-77(126)61(36-47-41-99-53-18-7-5-16-50(47)53)101-70(119)42-100-71(120)60(35-46-40-98-52-17-6-4-15-49(46)52)108-79(128)63(39-69(91)118)110-81(130)65-22-12-32-112(65)82(131)51(87)37-67(89)116/h1-7,13-18,23-26,40-41,51,54-65,98-99,113-114H,8-12,19-22,27-39,42-43,86-87H2,(H2,88,115)(H2,89,116)(H2,90,117)(H2,91,118)(H,100,120)(H,101,119)(H,102,123)(H,103,129)(H,104,127)(H,105,124)(H,106,121)(H,107,122)(H,108,128)(H,109,125)(H,110,130)(H,111,126)(H,132,133)(H4,92,93,96)(H4,94,95,97)/t51-,54-,55-,56-,57-,58-,59-,60-,61-,62-,63-,64-,65-/m0/s1. The molecule has 1 fully saturated rings. The fourth-order valence-electron chi connectivity index (χ4n) is 14.6. The zero-order valence-electron chi connectivity index (χ0n) is 72.7. The molecule has 0 aliphatic carbocycles. The first-order valence-corrected chi connectivity index (χ1v) is 42.7. The number of benzene rings is 4. The zero-order chi connectivity index (χ0) is 97.5. The lowest BCUT2D eigenvalue weighted by Gasteiger charge is -2.28. The third kappa shape index (κ3) is 34.2. The zero-order valence-corrected chi connectivity index (χ0v) is 72.7. The van der Waals surface area contributed by atoms with Crippen LogP contribution in [0.15, 0.2) is 116 Å². The van der Waals surface area contributed by atoms with Crippen LogP contribution in [0, 0.1) is 10.8 Å². The van der Waals surface area contributed by atoms with Gasteiger partial charge in [0.15, 0.2) is 11.9 Å². The lowest BCUT2D eigenvalue weighted by atomic mass is 10.0. The molecule has 718 valence electrons. The van der Waals surface area contributed by atoms with Gasteiger partial charge in [-0.1, -0.05) is 78.9 Å². The van der Waals surface area contributed by atoms with Gasteiger partial charge in [-0.05, 0) is 117 Å². The second kappa shape index (κ2) is 52.3. The summed E-state index contributed by atoms with van der Waals surface area (Å²) in [7, 11) is 0. The molecule has 1 aliphatic rings. The maximum absolute atomic E-state index is 15.0. The van der Waals surface area contributed by atoms with Crippen LogP contribution in [0.25, 0.3) is 21.8 Å². The van der Waals surface area contributed by atoms with Crippen LogP contribution < -0.4 is 120 Å². The van der Waals surface area contributed by atoms with Crippen LogP contribution in [0.5, 0.6) is 5.75 Å². The molecule has 1 aliphatic heterocycles. The molecule has 133 heavy (non-hydrogen) atoms. The van der Waals surface area contributed by atoms with Crippen molar-refractivity contribution in [1.29, 1.82) is 10.8 Å². The number of carboxylic acid groups (broad SMARTS) is 1. The molecule has 0 radical (unpaired) electrons. The van der Waals surface area contributed by atoms with E-state index in [9.17, 15) is 102 Å². The van der Waals surface area contributed by atoms with Gasteiger partial charge in [0.05, 0.1) is 38.5 Å². The van der Waals surface area contributed by atoms with E-state index in [-0.39, 0.29) is 95.3 Å². The first-order valence-electron chi connectivity index (χ1n) is 42.7. The van der Waals surface area contributed by atoms with Gasteiger partial charge in [0.2, 0.25) is 100 Å². The molecule has 0 spiro atoms. The quantitative estimate of drug-likeness (QED) is 0.00958. The number of aliphatic hydroxyl groups is 1. The summed E-state index contributed by atoms with van der Waals surface area (Å²) in [6.45, 7) is -2.04. The van der Waals surface area contributed by atoms with Crippen LogP contribution in [0.1, 0.15) is 112 Å². The average molecular weight is 1850 g/mol. The van der Waals surface area contributed by atoms with Crippen molar-refractivity contribution in [2.45, 2.75) is 194 Å². The first kappa shape index (κ1) is 105. The van der Waals surface area contributed by atoms with Gasteiger partial charge in [-0.25, -0.2) is 4.79 Å². The highest BCUT2D eigenvalue weighted by Crippen LogP contribution is 2.24. The van der Waals surface area contributed by atoms with Crippen molar-refractivity contribution < 1.29 is 102 Å². The van der Waals surface area contributed by atoms with Gasteiger partial charge >= 0.3 is 5.97 Å². The molecule has 0 unspecified atom stereocenters. The summed E-state index contributed by atoms with van der Waals surface area (Å²) in [5.74, 6) is -21.0. The predicted octanol–water partition coefficient (Wildman–Crippen LogP) is -7.98. The molecule has 1 saturated heterocycles. The highest BCUT2D eigenvalue weighted by molar-refractivity contribution is 6.02. The lowest BCUT2D eigenvalue weighted by molar-refractivity contribution is -0.142. The molecule has 4 aromatic carbocycles. The van der Waals surface area contributed by atoms with E-state index in [1.807, 2.05) is 0 Å². The Morgan fingerprint density at radius 3 is 1.29 bits per heavy atom. The van der Waals surface area contributed by atoms with Crippen LogP contribution in [0.4, 0.5) is 0 Å². The monoisotopic (exact) mass is 1850 g/mol. The summed E-state index contributed by atoms with van der Waals surface area (Å²) in [5, 5.41) is 82.5. The maximum Gasteiger partial charge on any atom is 0.326 e. The Morgan fingerprint density at radius 2 is 0.820 bits per heavy atom. The number of carbonyl (C=O) groups excluding carboxylic acids is 17. The Morgan fingerprint density at radius 1 is 0.421 bits per heavy atom. The molecular formula is C85H117N27O21. The number of hydrogen-bond donors (Lipinski definition) is 29. The number of aromatic hydroxyl groups is 1. The third-order valence-corrected chi connectivity index (χ3v) is 21.4. The maximum atomic E-state index is 15.0. The van der Waals surface area contributed by atoms with E-state index in [0.717, 1.165) is 4.90 Å². The molecule has 0 bridgehead atoms. The first-order chi connectivity index (χ1) is 63.3. The van der Waals surface area contributed by atoms with Crippen molar-refractivity contribution in [2.75, 3.05) is 39.3 Å². The van der Waals surface area contributed by atoms with E-state index in [1.54, 1.807) is 85.1 Å². The second-order valence-corrected chi connectivity index (χ2v) is 31.7. The summed E-state index contributed by atoms with van der Waals surface area (Å²) in [6, 6.07) is 5.25. The topological polar surface area (TPSA) is 827 Å². The van der Waals surface area contributed by atoms with E-state index >= 15 is 0 Å². The average Bonchev–Trinajstić information content (AvgIpc) is 1.70. The number of nitrogens with one attached hydrogen (secondary N) is 18. The van der Waals surface area contributed by atoms with Crippen LogP contribution in [0.3, 0.4) is 0 Å². The number of aliphatic hydroxyl groups excluding tert-OH is 1. The van der Waals surface area contributed by atoms with Crippen LogP contribution >= 0.6 is 0 Å². The fourth-order valence-corrected chi connectivity index (χ4v) is 14.6. The number of aliphatic carboxylic acids is 1. The number of aromatic amines is 2. The normalized spacial score (nSPS) is 14.9. The fraction of sp³-hybridized carbons (Fsp3) is 0.435.